The van der Waals surface area contributed by atoms with Crippen LogP contribution in [0.2, 0.25) is 0 Å². The van der Waals surface area contributed by atoms with Crippen molar-refractivity contribution in [1.29, 1.82) is 0 Å². The third kappa shape index (κ3) is 5.70. The van der Waals surface area contributed by atoms with Crippen LogP contribution < -0.4 is 29.6 Å². The van der Waals surface area contributed by atoms with E-state index in [4.69, 9.17) is 18.9 Å². The highest BCUT2D eigenvalue weighted by molar-refractivity contribution is 5.90. The number of benzene rings is 2. The van der Waals surface area contributed by atoms with Crippen LogP contribution in [0.4, 0.5) is 10.5 Å². The number of nitrogens with one attached hydrogen (secondary N) is 2. The van der Waals surface area contributed by atoms with Crippen LogP contribution >= 0.6 is 0 Å². The first-order valence-corrected chi connectivity index (χ1v) is 9.06. The number of urea groups is 1. The van der Waals surface area contributed by atoms with Crippen molar-refractivity contribution < 1.29 is 23.7 Å². The lowest BCUT2D eigenvalue weighted by Gasteiger charge is -2.15. The fraction of sp³-hybridized carbons (Fsp3) is 0.381. The molecule has 2 aromatic rings. The standard InChI is InChI=1S/C21H28N2O5/c1-14(2)15-6-8-17(9-7-15)28-11-10-22-21(24)23-16-12-18(25-3)20(27-5)19(13-16)26-4/h6-9,12-14H,10-11H2,1-5H3,(H2,22,23,24). The molecule has 2 amide bonds. The van der Waals surface area contributed by atoms with Crippen molar-refractivity contribution in [3.63, 3.8) is 0 Å². The van der Waals surface area contributed by atoms with Crippen molar-refractivity contribution in [3.8, 4) is 23.0 Å². The van der Waals surface area contributed by atoms with E-state index in [1.807, 2.05) is 24.3 Å². The molecule has 7 heteroatoms. The van der Waals surface area contributed by atoms with Gasteiger partial charge < -0.3 is 29.6 Å². The van der Waals surface area contributed by atoms with Gasteiger partial charge in [0.2, 0.25) is 5.75 Å². The van der Waals surface area contributed by atoms with Gasteiger partial charge in [-0.15, -0.1) is 0 Å². The number of hydrogen-bond acceptors (Lipinski definition) is 5. The Balaban J connectivity index is 1.84. The number of carbonyl (C=O) groups is 1. The smallest absolute Gasteiger partial charge is 0.319 e. The molecule has 0 fully saturated rings. The maximum atomic E-state index is 12.1. The molecule has 0 aliphatic carbocycles. The largest absolute Gasteiger partial charge is 0.493 e. The van der Waals surface area contributed by atoms with Crippen molar-refractivity contribution >= 4 is 11.7 Å². The maximum Gasteiger partial charge on any atom is 0.319 e. The van der Waals surface area contributed by atoms with Crippen LogP contribution in [-0.4, -0.2) is 40.5 Å². The Kier molecular flexibility index (Phi) is 7.80. The molecule has 0 saturated carbocycles. The summed E-state index contributed by atoms with van der Waals surface area (Å²) in [6.07, 6.45) is 0. The van der Waals surface area contributed by atoms with Crippen LogP contribution in [0.5, 0.6) is 23.0 Å². The molecule has 0 spiro atoms. The summed E-state index contributed by atoms with van der Waals surface area (Å²) in [6, 6.07) is 10.9. The van der Waals surface area contributed by atoms with Crippen molar-refractivity contribution in [3.05, 3.63) is 42.0 Å². The van der Waals surface area contributed by atoms with Crippen LogP contribution in [0.25, 0.3) is 0 Å². The first-order chi connectivity index (χ1) is 13.5. The van der Waals surface area contributed by atoms with Gasteiger partial charge in [0.15, 0.2) is 11.5 Å². The molecule has 2 aromatic carbocycles. The number of rotatable bonds is 9. The summed E-state index contributed by atoms with van der Waals surface area (Å²) in [5, 5.41) is 5.49. The minimum absolute atomic E-state index is 0.354. The molecular formula is C21H28N2O5. The Morgan fingerprint density at radius 3 is 2.07 bits per heavy atom. The molecule has 0 radical (unpaired) electrons. The van der Waals surface area contributed by atoms with Gasteiger partial charge in [-0.3, -0.25) is 0 Å². The number of anilines is 1. The van der Waals surface area contributed by atoms with Crippen LogP contribution in [-0.2, 0) is 0 Å². The lowest BCUT2D eigenvalue weighted by atomic mass is 10.0. The Labute approximate surface area is 165 Å². The van der Waals surface area contributed by atoms with Gasteiger partial charge in [-0.25, -0.2) is 4.79 Å². The van der Waals surface area contributed by atoms with E-state index in [2.05, 4.69) is 24.5 Å². The van der Waals surface area contributed by atoms with Crippen LogP contribution in [0, 0.1) is 0 Å². The summed E-state index contributed by atoms with van der Waals surface area (Å²) >= 11 is 0. The third-order valence-corrected chi connectivity index (χ3v) is 4.13. The summed E-state index contributed by atoms with van der Waals surface area (Å²) in [5.41, 5.74) is 1.78. The van der Waals surface area contributed by atoms with Gasteiger partial charge in [-0.1, -0.05) is 26.0 Å². The van der Waals surface area contributed by atoms with Gasteiger partial charge in [0.25, 0.3) is 0 Å². The first kappa shape index (κ1) is 21.2. The van der Waals surface area contributed by atoms with Crippen LogP contribution in [0.15, 0.2) is 36.4 Å². The molecule has 0 aliphatic heterocycles. The zero-order valence-corrected chi connectivity index (χ0v) is 17.0. The average molecular weight is 388 g/mol. The van der Waals surface area contributed by atoms with E-state index in [1.165, 1.54) is 26.9 Å². The fourth-order valence-electron chi connectivity index (χ4n) is 2.61. The number of hydrogen-bond donors (Lipinski definition) is 2. The zero-order chi connectivity index (χ0) is 20.5. The second-order valence-electron chi connectivity index (χ2n) is 6.37. The third-order valence-electron chi connectivity index (χ3n) is 4.13. The summed E-state index contributed by atoms with van der Waals surface area (Å²) in [7, 11) is 4.56. The molecule has 2 N–H and O–H groups in total. The molecule has 0 atom stereocenters. The Hall–Kier alpha value is -3.09. The minimum atomic E-state index is -0.354. The van der Waals surface area contributed by atoms with Gasteiger partial charge in [0.1, 0.15) is 12.4 Å². The van der Waals surface area contributed by atoms with Crippen LogP contribution in [0.1, 0.15) is 25.3 Å². The molecule has 0 saturated heterocycles. The van der Waals surface area contributed by atoms with Crippen LogP contribution in [0.3, 0.4) is 0 Å². The Morgan fingerprint density at radius 1 is 0.964 bits per heavy atom. The predicted octanol–water partition coefficient (Wildman–Crippen LogP) is 4.04. The summed E-state index contributed by atoms with van der Waals surface area (Å²) in [5.74, 6) is 2.65. The predicted molar refractivity (Wildman–Crippen MR) is 109 cm³/mol. The van der Waals surface area contributed by atoms with E-state index in [0.717, 1.165) is 5.75 Å². The molecule has 0 heterocycles. The van der Waals surface area contributed by atoms with E-state index in [9.17, 15) is 4.79 Å². The molecule has 2 rings (SSSR count). The number of methoxy groups -OCH3 is 3. The van der Waals surface area contributed by atoms with Crippen molar-refractivity contribution in [2.45, 2.75) is 19.8 Å². The summed E-state index contributed by atoms with van der Waals surface area (Å²) in [4.78, 5) is 12.1. The monoisotopic (exact) mass is 388 g/mol. The lowest BCUT2D eigenvalue weighted by molar-refractivity contribution is 0.247. The highest BCUT2D eigenvalue weighted by Crippen LogP contribution is 2.39. The summed E-state index contributed by atoms with van der Waals surface area (Å²) < 4.78 is 21.5. The molecule has 0 aromatic heterocycles. The summed E-state index contributed by atoms with van der Waals surface area (Å²) in [6.45, 7) is 5.02. The molecule has 0 aliphatic rings. The lowest BCUT2D eigenvalue weighted by Crippen LogP contribution is -2.32. The van der Waals surface area contributed by atoms with Gasteiger partial charge in [0.05, 0.1) is 33.6 Å². The normalized spacial score (nSPS) is 10.4. The molecule has 28 heavy (non-hydrogen) atoms. The second-order valence-corrected chi connectivity index (χ2v) is 6.37. The number of ether oxygens (including phenoxy) is 4. The highest BCUT2D eigenvalue weighted by Gasteiger charge is 2.14. The van der Waals surface area contributed by atoms with E-state index in [1.54, 1.807) is 12.1 Å². The van der Waals surface area contributed by atoms with E-state index in [-0.39, 0.29) is 6.03 Å². The first-order valence-electron chi connectivity index (χ1n) is 9.06. The van der Waals surface area contributed by atoms with E-state index in [0.29, 0.717) is 42.0 Å². The van der Waals surface area contributed by atoms with Gasteiger partial charge >= 0.3 is 6.03 Å². The molecule has 152 valence electrons. The second kappa shape index (κ2) is 10.3. The fourth-order valence-corrected chi connectivity index (χ4v) is 2.61. The van der Waals surface area contributed by atoms with Crippen molar-refractivity contribution in [1.82, 2.24) is 5.32 Å². The SMILES string of the molecule is COc1cc(NC(=O)NCCOc2ccc(C(C)C)cc2)cc(OC)c1OC. The molecule has 7 nitrogen and oxygen atoms in total. The Morgan fingerprint density at radius 2 is 1.57 bits per heavy atom. The van der Waals surface area contributed by atoms with Gasteiger partial charge in [0, 0.05) is 12.1 Å². The number of carbonyl (C=O) groups excluding carboxylic acids is 1. The Bertz CT molecular complexity index is 750. The topological polar surface area (TPSA) is 78.1 Å². The molecular weight excluding hydrogens is 360 g/mol. The highest BCUT2D eigenvalue weighted by atomic mass is 16.5. The molecule has 0 bridgehead atoms. The number of amides is 2. The van der Waals surface area contributed by atoms with Crippen molar-refractivity contribution in [2.75, 3.05) is 39.8 Å². The van der Waals surface area contributed by atoms with Gasteiger partial charge in [-0.05, 0) is 23.6 Å². The average Bonchev–Trinajstić information content (AvgIpc) is 2.70. The van der Waals surface area contributed by atoms with E-state index >= 15 is 0 Å². The van der Waals surface area contributed by atoms with E-state index < -0.39 is 0 Å². The molecule has 0 unspecified atom stereocenters. The maximum absolute atomic E-state index is 12.1. The zero-order valence-electron chi connectivity index (χ0n) is 17.0. The quantitative estimate of drug-likeness (QED) is 0.634. The minimum Gasteiger partial charge on any atom is -0.493 e. The van der Waals surface area contributed by atoms with Gasteiger partial charge in [-0.2, -0.15) is 0 Å². The van der Waals surface area contributed by atoms with Crippen molar-refractivity contribution in [2.24, 2.45) is 0 Å².